The van der Waals surface area contributed by atoms with Gasteiger partial charge in [-0.15, -0.1) is 0 Å². The van der Waals surface area contributed by atoms with Gasteiger partial charge in [-0.2, -0.15) is 5.10 Å². The van der Waals surface area contributed by atoms with E-state index in [1.807, 2.05) is 18.7 Å². The third-order valence-electron chi connectivity index (χ3n) is 2.39. The van der Waals surface area contributed by atoms with E-state index in [0.29, 0.717) is 0 Å². The second-order valence-electron chi connectivity index (χ2n) is 3.83. The number of aromatic nitrogens is 2. The first-order valence-electron chi connectivity index (χ1n) is 5.50. The van der Waals surface area contributed by atoms with Crippen molar-refractivity contribution < 1.29 is 0 Å². The Bertz CT molecular complexity index is 283. The molecule has 0 aromatic carbocycles. The van der Waals surface area contributed by atoms with Crippen LogP contribution in [0.5, 0.6) is 0 Å². The number of unbranched alkanes of at least 4 members (excludes halogenated alkanes) is 2. The molecular weight excluding hydrogens is 301 g/mol. The van der Waals surface area contributed by atoms with Crippen molar-refractivity contribution in [2.24, 2.45) is 7.05 Å². The summed E-state index contributed by atoms with van der Waals surface area (Å²) in [5.41, 5.74) is 2.36. The smallest absolute Gasteiger partial charge is 0.0597 e. The first-order valence-corrected chi connectivity index (χ1v) is 7.03. The first kappa shape index (κ1) is 13.0. The molecule has 0 aliphatic carbocycles. The van der Waals surface area contributed by atoms with E-state index in [9.17, 15) is 0 Å². The number of rotatable bonds is 7. The van der Waals surface area contributed by atoms with E-state index >= 15 is 0 Å². The number of hydrogen-bond acceptors (Lipinski definition) is 2. The van der Waals surface area contributed by atoms with E-state index in [2.05, 4.69) is 39.1 Å². The molecule has 1 rings (SSSR count). The van der Waals surface area contributed by atoms with Gasteiger partial charge in [-0.3, -0.25) is 4.68 Å². The summed E-state index contributed by atoms with van der Waals surface area (Å²) in [6, 6.07) is 2.14. The van der Waals surface area contributed by atoms with Crippen LogP contribution in [0.4, 0.5) is 0 Å². The van der Waals surface area contributed by atoms with Gasteiger partial charge in [0.2, 0.25) is 0 Å². The maximum absolute atomic E-state index is 4.32. The number of alkyl halides is 1. The molecule has 0 radical (unpaired) electrons. The normalized spacial score (nSPS) is 10.9. The van der Waals surface area contributed by atoms with E-state index in [4.69, 9.17) is 0 Å². The average molecular weight is 321 g/mol. The summed E-state index contributed by atoms with van der Waals surface area (Å²) in [4.78, 5) is 0. The van der Waals surface area contributed by atoms with E-state index in [0.717, 1.165) is 18.8 Å². The number of nitrogens with zero attached hydrogens (tertiary/aromatic N) is 2. The monoisotopic (exact) mass is 321 g/mol. The van der Waals surface area contributed by atoms with E-state index in [1.54, 1.807) is 0 Å². The molecule has 1 N–H and O–H groups in total. The topological polar surface area (TPSA) is 29.9 Å². The Kier molecular flexibility index (Phi) is 6.24. The van der Waals surface area contributed by atoms with Crippen molar-refractivity contribution in [2.45, 2.75) is 32.7 Å². The van der Waals surface area contributed by atoms with Gasteiger partial charge in [0.15, 0.2) is 0 Å². The molecule has 1 aromatic rings. The van der Waals surface area contributed by atoms with Crippen LogP contribution in [0.1, 0.15) is 30.7 Å². The minimum Gasteiger partial charge on any atom is -0.311 e. The summed E-state index contributed by atoms with van der Waals surface area (Å²) >= 11 is 2.43. The maximum Gasteiger partial charge on any atom is 0.0597 e. The summed E-state index contributed by atoms with van der Waals surface area (Å²) in [6.45, 7) is 4.08. The Morgan fingerprint density at radius 2 is 2.20 bits per heavy atom. The molecule has 0 amide bonds. The van der Waals surface area contributed by atoms with Gasteiger partial charge in [0.05, 0.1) is 11.4 Å². The number of nitrogens with one attached hydrogen (secondary N) is 1. The molecule has 1 heterocycles. The number of hydrogen-bond donors (Lipinski definition) is 1. The van der Waals surface area contributed by atoms with Crippen LogP contribution >= 0.6 is 22.6 Å². The summed E-state index contributed by atoms with van der Waals surface area (Å²) < 4.78 is 3.23. The fraction of sp³-hybridized carbons (Fsp3) is 0.727. The molecule has 0 aliphatic heterocycles. The Morgan fingerprint density at radius 1 is 1.40 bits per heavy atom. The van der Waals surface area contributed by atoms with E-state index in [1.165, 1.54) is 29.4 Å². The van der Waals surface area contributed by atoms with Gasteiger partial charge < -0.3 is 5.32 Å². The van der Waals surface area contributed by atoms with Crippen LogP contribution in [-0.2, 0) is 13.6 Å². The second-order valence-corrected chi connectivity index (χ2v) is 4.91. The molecule has 0 aliphatic rings. The molecule has 1 aromatic heterocycles. The Morgan fingerprint density at radius 3 is 2.80 bits per heavy atom. The predicted octanol–water partition coefficient (Wildman–Crippen LogP) is 2.42. The summed E-state index contributed by atoms with van der Waals surface area (Å²) in [7, 11) is 2.00. The lowest BCUT2D eigenvalue weighted by Gasteiger charge is -2.04. The molecule has 0 spiro atoms. The Balaban J connectivity index is 2.12. The minimum absolute atomic E-state index is 0.932. The third kappa shape index (κ3) is 4.97. The lowest BCUT2D eigenvalue weighted by molar-refractivity contribution is 0.590. The van der Waals surface area contributed by atoms with Crippen LogP contribution in [0, 0.1) is 6.92 Å². The third-order valence-corrected chi connectivity index (χ3v) is 3.15. The summed E-state index contributed by atoms with van der Waals surface area (Å²) in [5.74, 6) is 0. The van der Waals surface area contributed by atoms with Crippen molar-refractivity contribution in [3.63, 3.8) is 0 Å². The van der Waals surface area contributed by atoms with Crippen LogP contribution < -0.4 is 5.32 Å². The van der Waals surface area contributed by atoms with Crippen molar-refractivity contribution in [3.8, 4) is 0 Å². The molecule has 0 atom stereocenters. The molecule has 86 valence electrons. The zero-order valence-corrected chi connectivity index (χ0v) is 11.7. The van der Waals surface area contributed by atoms with Gasteiger partial charge in [-0.25, -0.2) is 0 Å². The van der Waals surface area contributed by atoms with Gasteiger partial charge in [-0.1, -0.05) is 29.0 Å². The lowest BCUT2D eigenvalue weighted by Crippen LogP contribution is -2.16. The van der Waals surface area contributed by atoms with Gasteiger partial charge >= 0.3 is 0 Å². The minimum atomic E-state index is 0.932. The van der Waals surface area contributed by atoms with Crippen molar-refractivity contribution in [2.75, 3.05) is 11.0 Å². The van der Waals surface area contributed by atoms with Crippen molar-refractivity contribution in [3.05, 3.63) is 17.5 Å². The van der Waals surface area contributed by atoms with E-state index in [-0.39, 0.29) is 0 Å². The lowest BCUT2D eigenvalue weighted by atomic mass is 10.2. The van der Waals surface area contributed by atoms with E-state index < -0.39 is 0 Å². The Labute approximate surface area is 106 Å². The molecule has 0 bridgehead atoms. The highest BCUT2D eigenvalue weighted by atomic mass is 127. The van der Waals surface area contributed by atoms with Gasteiger partial charge in [0, 0.05) is 13.6 Å². The van der Waals surface area contributed by atoms with Crippen molar-refractivity contribution >= 4 is 22.6 Å². The first-order chi connectivity index (χ1) is 7.24. The molecule has 4 heteroatoms. The zero-order chi connectivity index (χ0) is 11.1. The molecular formula is C11H20IN3. The highest BCUT2D eigenvalue weighted by Gasteiger charge is 2.00. The number of aryl methyl sites for hydroxylation is 2. The zero-order valence-electron chi connectivity index (χ0n) is 9.59. The molecule has 3 nitrogen and oxygen atoms in total. The largest absolute Gasteiger partial charge is 0.311 e. The standard InChI is InChI=1S/C11H20IN3/c1-10-8-11(15(2)14-10)9-13-7-5-3-4-6-12/h8,13H,3-7,9H2,1-2H3. The quantitative estimate of drug-likeness (QED) is 0.475. The molecule has 0 fully saturated rings. The summed E-state index contributed by atoms with van der Waals surface area (Å²) in [5, 5.41) is 7.77. The van der Waals surface area contributed by atoms with Crippen molar-refractivity contribution in [1.29, 1.82) is 0 Å². The fourth-order valence-corrected chi connectivity index (χ4v) is 2.11. The van der Waals surface area contributed by atoms with Crippen LogP contribution in [0.3, 0.4) is 0 Å². The molecule has 15 heavy (non-hydrogen) atoms. The number of halogens is 1. The molecule has 0 saturated carbocycles. The van der Waals surface area contributed by atoms with Gasteiger partial charge in [-0.05, 0) is 36.8 Å². The second kappa shape index (κ2) is 7.22. The predicted molar refractivity (Wildman–Crippen MR) is 72.4 cm³/mol. The highest BCUT2D eigenvalue weighted by Crippen LogP contribution is 2.01. The average Bonchev–Trinajstić information content (AvgIpc) is 2.51. The van der Waals surface area contributed by atoms with Crippen LogP contribution in [0.2, 0.25) is 0 Å². The summed E-state index contributed by atoms with van der Waals surface area (Å²) in [6.07, 6.45) is 3.95. The van der Waals surface area contributed by atoms with Crippen LogP contribution in [-0.4, -0.2) is 20.8 Å². The maximum atomic E-state index is 4.32. The fourth-order valence-electron chi connectivity index (χ4n) is 1.57. The van der Waals surface area contributed by atoms with Crippen LogP contribution in [0.25, 0.3) is 0 Å². The van der Waals surface area contributed by atoms with Gasteiger partial charge in [0.25, 0.3) is 0 Å². The van der Waals surface area contributed by atoms with Crippen LogP contribution in [0.15, 0.2) is 6.07 Å². The van der Waals surface area contributed by atoms with Crippen molar-refractivity contribution in [1.82, 2.24) is 15.1 Å². The molecule has 0 saturated heterocycles. The highest BCUT2D eigenvalue weighted by molar-refractivity contribution is 14.1. The molecule has 0 unspecified atom stereocenters. The Hall–Kier alpha value is -0.100. The van der Waals surface area contributed by atoms with Gasteiger partial charge in [0.1, 0.15) is 0 Å². The SMILES string of the molecule is Cc1cc(CNCCCCCI)n(C)n1.